The van der Waals surface area contributed by atoms with Crippen LogP contribution in [0.1, 0.15) is 11.1 Å². The maximum atomic E-state index is 10.6. The smallest absolute Gasteiger partial charge is 0.270 e. The molecule has 0 aliphatic rings. The third-order valence-electron chi connectivity index (χ3n) is 2.84. The van der Waals surface area contributed by atoms with Crippen LogP contribution in [0.3, 0.4) is 0 Å². The second kappa shape index (κ2) is 6.11. The molecule has 0 bridgehead atoms. The van der Waals surface area contributed by atoms with Crippen LogP contribution < -0.4 is 5.32 Å². The van der Waals surface area contributed by atoms with E-state index in [0.717, 1.165) is 16.8 Å². The highest BCUT2D eigenvalue weighted by Crippen LogP contribution is 2.26. The number of nitro benzene ring substituents is 1. The summed E-state index contributed by atoms with van der Waals surface area (Å²) in [7, 11) is 0. The van der Waals surface area contributed by atoms with E-state index in [4.69, 9.17) is 23.2 Å². The van der Waals surface area contributed by atoms with E-state index >= 15 is 0 Å². The zero-order valence-corrected chi connectivity index (χ0v) is 12.2. The molecule has 0 aliphatic carbocycles. The first kappa shape index (κ1) is 14.6. The van der Waals surface area contributed by atoms with Gasteiger partial charge in [0.2, 0.25) is 0 Å². The molecule has 2 aromatic carbocycles. The van der Waals surface area contributed by atoms with Crippen LogP contribution in [0.25, 0.3) is 0 Å². The summed E-state index contributed by atoms with van der Waals surface area (Å²) in [4.78, 5) is 10.2. The molecule has 104 valence electrons. The van der Waals surface area contributed by atoms with Gasteiger partial charge in [-0.05, 0) is 36.2 Å². The minimum atomic E-state index is -0.472. The molecule has 2 aromatic rings. The number of nitrogens with zero attached hydrogens (tertiary/aromatic N) is 1. The standard InChI is InChI=1S/C14H12Cl2N2O2/c1-9-2-5-12(15)14(6-9)17-8-10-3-4-11(18(19)20)7-13(10)16/h2-7,17H,8H2,1H3. The zero-order valence-electron chi connectivity index (χ0n) is 10.7. The molecule has 0 radical (unpaired) electrons. The van der Waals surface area contributed by atoms with Crippen LogP contribution in [0, 0.1) is 17.0 Å². The number of anilines is 1. The number of non-ortho nitro benzene ring substituents is 1. The minimum Gasteiger partial charge on any atom is -0.380 e. The SMILES string of the molecule is Cc1ccc(Cl)c(NCc2ccc([N+](=O)[O-])cc2Cl)c1. The van der Waals surface area contributed by atoms with Crippen LogP contribution >= 0.6 is 23.2 Å². The van der Waals surface area contributed by atoms with E-state index in [9.17, 15) is 10.1 Å². The number of hydrogen-bond donors (Lipinski definition) is 1. The highest BCUT2D eigenvalue weighted by atomic mass is 35.5. The normalized spacial score (nSPS) is 10.3. The van der Waals surface area contributed by atoms with Crippen molar-refractivity contribution >= 4 is 34.6 Å². The van der Waals surface area contributed by atoms with E-state index in [0.29, 0.717) is 16.6 Å². The second-order valence-corrected chi connectivity index (χ2v) is 5.18. The summed E-state index contributed by atoms with van der Waals surface area (Å²) in [6.07, 6.45) is 0. The molecule has 0 saturated heterocycles. The van der Waals surface area contributed by atoms with Gasteiger partial charge in [-0.3, -0.25) is 10.1 Å². The molecule has 0 fully saturated rings. The van der Waals surface area contributed by atoms with Crippen LogP contribution in [0.4, 0.5) is 11.4 Å². The molecule has 0 heterocycles. The Labute approximate surface area is 126 Å². The Morgan fingerprint density at radius 3 is 2.55 bits per heavy atom. The van der Waals surface area contributed by atoms with Gasteiger partial charge in [-0.25, -0.2) is 0 Å². The first-order chi connectivity index (χ1) is 9.47. The summed E-state index contributed by atoms with van der Waals surface area (Å²) in [6.45, 7) is 2.42. The van der Waals surface area contributed by atoms with Crippen molar-refractivity contribution in [3.63, 3.8) is 0 Å². The summed E-state index contributed by atoms with van der Waals surface area (Å²) >= 11 is 12.1. The number of benzene rings is 2. The van der Waals surface area contributed by atoms with E-state index < -0.39 is 4.92 Å². The lowest BCUT2D eigenvalue weighted by molar-refractivity contribution is -0.384. The van der Waals surface area contributed by atoms with Gasteiger partial charge in [0.05, 0.1) is 20.7 Å². The van der Waals surface area contributed by atoms with Crippen LogP contribution in [-0.2, 0) is 6.54 Å². The first-order valence-corrected chi connectivity index (χ1v) is 6.66. The molecule has 6 heteroatoms. The van der Waals surface area contributed by atoms with Crippen molar-refractivity contribution in [3.8, 4) is 0 Å². The molecule has 0 aliphatic heterocycles. The molecule has 0 spiro atoms. The lowest BCUT2D eigenvalue weighted by atomic mass is 10.2. The Hall–Kier alpha value is -1.78. The fourth-order valence-corrected chi connectivity index (χ4v) is 2.18. The summed E-state index contributed by atoms with van der Waals surface area (Å²) in [6, 6.07) is 10.1. The predicted molar refractivity (Wildman–Crippen MR) is 81.6 cm³/mol. The molecule has 2 rings (SSSR count). The van der Waals surface area contributed by atoms with E-state index in [1.165, 1.54) is 12.1 Å². The van der Waals surface area contributed by atoms with Gasteiger partial charge in [0.25, 0.3) is 5.69 Å². The largest absolute Gasteiger partial charge is 0.380 e. The van der Waals surface area contributed by atoms with Gasteiger partial charge in [0.1, 0.15) is 0 Å². The lowest BCUT2D eigenvalue weighted by Crippen LogP contribution is -2.01. The molecule has 4 nitrogen and oxygen atoms in total. The number of nitrogens with one attached hydrogen (secondary N) is 1. The zero-order chi connectivity index (χ0) is 14.7. The maximum absolute atomic E-state index is 10.6. The second-order valence-electron chi connectivity index (χ2n) is 4.37. The Kier molecular flexibility index (Phi) is 4.47. The van der Waals surface area contributed by atoms with Crippen LogP contribution in [0.15, 0.2) is 36.4 Å². The molecule has 1 N–H and O–H groups in total. The Morgan fingerprint density at radius 2 is 1.90 bits per heavy atom. The van der Waals surface area contributed by atoms with E-state index in [1.54, 1.807) is 6.07 Å². The van der Waals surface area contributed by atoms with Crippen molar-refractivity contribution < 1.29 is 4.92 Å². The molecule has 0 aromatic heterocycles. The van der Waals surface area contributed by atoms with Gasteiger partial charge in [0.15, 0.2) is 0 Å². The lowest BCUT2D eigenvalue weighted by Gasteiger charge is -2.10. The molecule has 0 unspecified atom stereocenters. The van der Waals surface area contributed by atoms with E-state index in [2.05, 4.69) is 5.32 Å². The minimum absolute atomic E-state index is 0.0210. The van der Waals surface area contributed by atoms with Crippen molar-refractivity contribution in [1.82, 2.24) is 0 Å². The molecule has 0 amide bonds. The highest BCUT2D eigenvalue weighted by Gasteiger charge is 2.09. The van der Waals surface area contributed by atoms with Gasteiger partial charge in [0, 0.05) is 18.7 Å². The average molecular weight is 311 g/mol. The molecular weight excluding hydrogens is 299 g/mol. The fourth-order valence-electron chi connectivity index (χ4n) is 1.76. The molecular formula is C14H12Cl2N2O2. The Balaban J connectivity index is 2.15. The summed E-state index contributed by atoms with van der Waals surface area (Å²) in [5.41, 5.74) is 2.65. The van der Waals surface area contributed by atoms with Crippen LogP contribution in [0.2, 0.25) is 10.0 Å². The third kappa shape index (κ3) is 3.40. The molecule has 0 atom stereocenters. The van der Waals surface area contributed by atoms with Crippen LogP contribution in [0.5, 0.6) is 0 Å². The van der Waals surface area contributed by atoms with Crippen molar-refractivity contribution in [2.45, 2.75) is 13.5 Å². The highest BCUT2D eigenvalue weighted by molar-refractivity contribution is 6.33. The first-order valence-electron chi connectivity index (χ1n) is 5.90. The van der Waals surface area contributed by atoms with Crippen LogP contribution in [-0.4, -0.2) is 4.92 Å². The predicted octanol–water partition coefficient (Wildman–Crippen LogP) is 4.82. The quantitative estimate of drug-likeness (QED) is 0.650. The summed E-state index contributed by atoms with van der Waals surface area (Å²) < 4.78 is 0. The van der Waals surface area contributed by atoms with Gasteiger partial charge in [-0.2, -0.15) is 0 Å². The van der Waals surface area contributed by atoms with Gasteiger partial charge >= 0.3 is 0 Å². The number of aryl methyl sites for hydroxylation is 1. The number of halogens is 2. The molecule has 0 saturated carbocycles. The van der Waals surface area contributed by atoms with Crippen molar-refractivity contribution in [2.75, 3.05) is 5.32 Å². The summed E-state index contributed by atoms with van der Waals surface area (Å²) in [5, 5.41) is 14.8. The maximum Gasteiger partial charge on any atom is 0.270 e. The van der Waals surface area contributed by atoms with E-state index in [-0.39, 0.29) is 5.69 Å². The average Bonchev–Trinajstić information content (AvgIpc) is 2.40. The van der Waals surface area contributed by atoms with E-state index in [1.807, 2.05) is 25.1 Å². The fraction of sp³-hybridized carbons (Fsp3) is 0.143. The topological polar surface area (TPSA) is 55.2 Å². The van der Waals surface area contributed by atoms with Crippen molar-refractivity contribution in [3.05, 3.63) is 67.7 Å². The van der Waals surface area contributed by atoms with Crippen molar-refractivity contribution in [1.29, 1.82) is 0 Å². The Morgan fingerprint density at radius 1 is 1.15 bits per heavy atom. The molecule has 20 heavy (non-hydrogen) atoms. The van der Waals surface area contributed by atoms with Gasteiger partial charge in [-0.15, -0.1) is 0 Å². The van der Waals surface area contributed by atoms with Gasteiger partial charge in [-0.1, -0.05) is 29.3 Å². The monoisotopic (exact) mass is 310 g/mol. The number of nitro groups is 1. The third-order valence-corrected chi connectivity index (χ3v) is 3.52. The Bertz CT molecular complexity index is 660. The number of rotatable bonds is 4. The number of hydrogen-bond acceptors (Lipinski definition) is 3. The summed E-state index contributed by atoms with van der Waals surface area (Å²) in [5.74, 6) is 0. The van der Waals surface area contributed by atoms with Gasteiger partial charge < -0.3 is 5.32 Å². The van der Waals surface area contributed by atoms with Crippen molar-refractivity contribution in [2.24, 2.45) is 0 Å².